The predicted molar refractivity (Wildman–Crippen MR) is 45.4 cm³/mol. The molecule has 1 heterocycles. The Bertz CT molecular complexity index is 322. The zero-order chi connectivity index (χ0) is 8.55. The van der Waals surface area contributed by atoms with Gasteiger partial charge in [0.2, 0.25) is 0 Å². The molecule has 1 aliphatic heterocycles. The molecule has 0 saturated heterocycles. The molecule has 0 fully saturated rings. The van der Waals surface area contributed by atoms with Crippen LogP contribution in [0.2, 0.25) is 0 Å². The van der Waals surface area contributed by atoms with E-state index in [1.807, 2.05) is 0 Å². The average Bonchev–Trinajstić information content (AvgIpc) is 2.46. The highest BCUT2D eigenvalue weighted by molar-refractivity contribution is 5.74. The molecular weight excluding hydrogens is 154 g/mol. The molecule has 0 spiro atoms. The molecule has 62 valence electrons. The van der Waals surface area contributed by atoms with E-state index < -0.39 is 0 Å². The summed E-state index contributed by atoms with van der Waals surface area (Å²) in [6.07, 6.45) is 0.901. The van der Waals surface area contributed by atoms with E-state index in [9.17, 15) is 4.79 Å². The maximum atomic E-state index is 10.6. The van der Waals surface area contributed by atoms with E-state index in [2.05, 4.69) is 5.32 Å². The maximum absolute atomic E-state index is 10.6. The number of benzene rings is 1. The van der Waals surface area contributed by atoms with Gasteiger partial charge in [-0.25, -0.2) is 0 Å². The van der Waals surface area contributed by atoms with Crippen LogP contribution in [0.1, 0.15) is 11.5 Å². The summed E-state index contributed by atoms with van der Waals surface area (Å²) >= 11 is 0. The number of hydrogen-bond acceptors (Lipinski definition) is 3. The summed E-state index contributed by atoms with van der Waals surface area (Å²) < 4.78 is 0. The van der Waals surface area contributed by atoms with Crippen molar-refractivity contribution in [1.82, 2.24) is 0 Å². The second kappa shape index (κ2) is 2.52. The average molecular weight is 163 g/mol. The van der Waals surface area contributed by atoms with Crippen LogP contribution in [0.25, 0.3) is 0 Å². The Hall–Kier alpha value is -1.51. The minimum Gasteiger partial charge on any atom is -0.508 e. The van der Waals surface area contributed by atoms with Crippen LogP contribution in [0.3, 0.4) is 0 Å². The van der Waals surface area contributed by atoms with Crippen molar-refractivity contribution in [3.63, 3.8) is 0 Å². The minimum absolute atomic E-state index is 0.105. The van der Waals surface area contributed by atoms with Crippen LogP contribution in [-0.2, 0) is 4.79 Å². The predicted octanol–water partition coefficient (Wildman–Crippen LogP) is 1.10. The van der Waals surface area contributed by atoms with Crippen molar-refractivity contribution in [2.75, 3.05) is 11.9 Å². The van der Waals surface area contributed by atoms with Crippen LogP contribution in [0.5, 0.6) is 5.75 Å². The Morgan fingerprint density at radius 1 is 1.58 bits per heavy atom. The van der Waals surface area contributed by atoms with Crippen LogP contribution in [0.4, 0.5) is 5.69 Å². The van der Waals surface area contributed by atoms with Crippen molar-refractivity contribution < 1.29 is 9.90 Å². The van der Waals surface area contributed by atoms with Gasteiger partial charge in [0.15, 0.2) is 0 Å². The van der Waals surface area contributed by atoms with E-state index in [0.717, 1.165) is 17.5 Å². The van der Waals surface area contributed by atoms with Gasteiger partial charge in [0.25, 0.3) is 0 Å². The molecule has 2 rings (SSSR count). The van der Waals surface area contributed by atoms with E-state index in [4.69, 9.17) is 5.11 Å². The molecule has 12 heavy (non-hydrogen) atoms. The Kier molecular flexibility index (Phi) is 1.50. The largest absolute Gasteiger partial charge is 0.508 e. The van der Waals surface area contributed by atoms with Gasteiger partial charge in [0.05, 0.1) is 5.92 Å². The van der Waals surface area contributed by atoms with Crippen molar-refractivity contribution in [3.8, 4) is 5.75 Å². The molecule has 3 heteroatoms. The van der Waals surface area contributed by atoms with Gasteiger partial charge in [0, 0.05) is 12.2 Å². The van der Waals surface area contributed by atoms with Gasteiger partial charge in [-0.2, -0.15) is 0 Å². The van der Waals surface area contributed by atoms with Crippen molar-refractivity contribution in [1.29, 1.82) is 0 Å². The third-order valence-corrected chi connectivity index (χ3v) is 2.11. The lowest BCUT2D eigenvalue weighted by molar-refractivity contribution is -0.108. The highest BCUT2D eigenvalue weighted by Gasteiger charge is 2.21. The minimum atomic E-state index is -0.105. The summed E-state index contributed by atoms with van der Waals surface area (Å²) in [5.74, 6) is 0.108. The molecule has 0 aliphatic carbocycles. The van der Waals surface area contributed by atoms with Crippen LogP contribution >= 0.6 is 0 Å². The van der Waals surface area contributed by atoms with E-state index >= 15 is 0 Å². The van der Waals surface area contributed by atoms with Crippen LogP contribution < -0.4 is 5.32 Å². The fraction of sp³-hybridized carbons (Fsp3) is 0.222. The highest BCUT2D eigenvalue weighted by atomic mass is 16.3. The fourth-order valence-electron chi connectivity index (χ4n) is 1.47. The number of carbonyl (C=O) groups excluding carboxylic acids is 1. The molecule has 3 nitrogen and oxygen atoms in total. The third-order valence-electron chi connectivity index (χ3n) is 2.11. The first-order chi connectivity index (χ1) is 5.81. The Morgan fingerprint density at radius 3 is 3.17 bits per heavy atom. The van der Waals surface area contributed by atoms with Gasteiger partial charge in [-0.1, -0.05) is 0 Å². The smallest absolute Gasteiger partial charge is 0.129 e. The number of rotatable bonds is 1. The summed E-state index contributed by atoms with van der Waals surface area (Å²) in [4.78, 5) is 10.6. The van der Waals surface area contributed by atoms with Gasteiger partial charge in [-0.15, -0.1) is 0 Å². The van der Waals surface area contributed by atoms with Gasteiger partial charge in [-0.05, 0) is 23.8 Å². The van der Waals surface area contributed by atoms with E-state index in [1.165, 1.54) is 0 Å². The van der Waals surface area contributed by atoms with Crippen molar-refractivity contribution in [2.24, 2.45) is 0 Å². The first-order valence-electron chi connectivity index (χ1n) is 3.83. The Balaban J connectivity index is 2.49. The topological polar surface area (TPSA) is 49.3 Å². The molecule has 0 bridgehead atoms. The van der Waals surface area contributed by atoms with E-state index in [0.29, 0.717) is 6.54 Å². The fourth-order valence-corrected chi connectivity index (χ4v) is 1.47. The standard InChI is InChI=1S/C9H9NO2/c11-5-6-4-10-9-2-1-7(12)3-8(6)9/h1-3,5-6,10,12H,4H2. The van der Waals surface area contributed by atoms with Crippen LogP contribution in [0.15, 0.2) is 18.2 Å². The number of phenolic OH excluding ortho intramolecular Hbond substituents is 1. The van der Waals surface area contributed by atoms with Crippen molar-refractivity contribution in [2.45, 2.75) is 5.92 Å². The summed E-state index contributed by atoms with van der Waals surface area (Å²) in [6, 6.07) is 5.03. The monoisotopic (exact) mass is 163 g/mol. The Morgan fingerprint density at radius 2 is 2.42 bits per heavy atom. The first-order valence-corrected chi connectivity index (χ1v) is 3.83. The van der Waals surface area contributed by atoms with E-state index in [1.54, 1.807) is 18.2 Å². The van der Waals surface area contributed by atoms with Gasteiger partial charge < -0.3 is 15.2 Å². The SMILES string of the molecule is O=CC1CNc2ccc(O)cc21. The molecule has 0 aromatic heterocycles. The summed E-state index contributed by atoms with van der Waals surface area (Å²) in [5, 5.41) is 12.3. The number of fused-ring (bicyclic) bond motifs is 1. The maximum Gasteiger partial charge on any atom is 0.129 e. The molecule has 1 aromatic rings. The molecule has 1 atom stereocenters. The number of anilines is 1. The lowest BCUT2D eigenvalue weighted by Crippen LogP contribution is -2.02. The summed E-state index contributed by atoms with van der Waals surface area (Å²) in [7, 11) is 0. The van der Waals surface area contributed by atoms with Crippen molar-refractivity contribution >= 4 is 12.0 Å². The second-order valence-corrected chi connectivity index (χ2v) is 2.90. The normalized spacial score (nSPS) is 19.8. The molecule has 0 radical (unpaired) electrons. The number of phenols is 1. The van der Waals surface area contributed by atoms with Gasteiger partial charge >= 0.3 is 0 Å². The molecule has 2 N–H and O–H groups in total. The van der Waals surface area contributed by atoms with E-state index in [-0.39, 0.29) is 11.7 Å². The Labute approximate surface area is 70.0 Å². The highest BCUT2D eigenvalue weighted by Crippen LogP contribution is 2.32. The molecule has 0 saturated carbocycles. The lowest BCUT2D eigenvalue weighted by atomic mass is 10.0. The van der Waals surface area contributed by atoms with Crippen molar-refractivity contribution in [3.05, 3.63) is 23.8 Å². The first kappa shape index (κ1) is 7.16. The zero-order valence-electron chi connectivity index (χ0n) is 6.45. The molecular formula is C9H9NO2. The van der Waals surface area contributed by atoms with Gasteiger partial charge in [-0.3, -0.25) is 0 Å². The molecule has 1 unspecified atom stereocenters. The summed E-state index contributed by atoms with van der Waals surface area (Å²) in [5.41, 5.74) is 1.84. The lowest BCUT2D eigenvalue weighted by Gasteiger charge is -2.00. The molecule has 0 amide bonds. The molecule has 1 aliphatic rings. The number of aldehydes is 1. The summed E-state index contributed by atoms with van der Waals surface area (Å²) in [6.45, 7) is 0.641. The van der Waals surface area contributed by atoms with Crippen LogP contribution in [0, 0.1) is 0 Å². The quantitative estimate of drug-likeness (QED) is 0.481. The number of nitrogens with one attached hydrogen (secondary N) is 1. The van der Waals surface area contributed by atoms with Gasteiger partial charge in [0.1, 0.15) is 12.0 Å². The molecule has 1 aromatic carbocycles. The zero-order valence-corrected chi connectivity index (χ0v) is 6.45. The number of carbonyl (C=O) groups is 1. The second-order valence-electron chi connectivity index (χ2n) is 2.90. The third kappa shape index (κ3) is 0.942. The number of hydrogen-bond donors (Lipinski definition) is 2. The van der Waals surface area contributed by atoms with Crippen LogP contribution in [-0.4, -0.2) is 17.9 Å². The number of aromatic hydroxyl groups is 1.